The molecule has 0 aliphatic heterocycles. The third kappa shape index (κ3) is 11.1. The van der Waals surface area contributed by atoms with E-state index in [1.165, 1.54) is 38.5 Å². The fourth-order valence-corrected chi connectivity index (χ4v) is 8.46. The van der Waals surface area contributed by atoms with Crippen LogP contribution in [0.5, 0.6) is 0 Å². The fourth-order valence-electron chi connectivity index (χ4n) is 2.45. The van der Waals surface area contributed by atoms with Gasteiger partial charge in [-0.25, -0.2) is 0 Å². The van der Waals surface area contributed by atoms with E-state index in [2.05, 4.69) is 20.1 Å². The van der Waals surface area contributed by atoms with Crippen LogP contribution in [0.1, 0.15) is 65.7 Å². The van der Waals surface area contributed by atoms with Crippen molar-refractivity contribution in [1.29, 1.82) is 0 Å². The standard InChI is InChI=1S/C18H38O3Si2/c1-8-11-12-13-14-15-16-17-19-22(6,9-2)21-23(7,10-3)20-18(4)5/h9-10,18H,2-3,8,11-17H2,1,4-7H3. The van der Waals surface area contributed by atoms with Crippen LogP contribution in [0.2, 0.25) is 13.1 Å². The monoisotopic (exact) mass is 358 g/mol. The summed E-state index contributed by atoms with van der Waals surface area (Å²) in [5.74, 6) is 0. The van der Waals surface area contributed by atoms with Gasteiger partial charge < -0.3 is 13.0 Å². The van der Waals surface area contributed by atoms with Crippen LogP contribution in [0.3, 0.4) is 0 Å². The second-order valence-corrected chi connectivity index (χ2v) is 12.9. The smallest absolute Gasteiger partial charge is 0.352 e. The van der Waals surface area contributed by atoms with Gasteiger partial charge in [0.25, 0.3) is 0 Å². The summed E-state index contributed by atoms with van der Waals surface area (Å²) in [6.45, 7) is 18.9. The number of hydrogen-bond donors (Lipinski definition) is 0. The third-order valence-electron chi connectivity index (χ3n) is 3.75. The van der Waals surface area contributed by atoms with Gasteiger partial charge in [-0.2, -0.15) is 0 Å². The molecule has 0 aliphatic rings. The van der Waals surface area contributed by atoms with Gasteiger partial charge in [-0.05, 0) is 33.4 Å². The van der Waals surface area contributed by atoms with Crippen molar-refractivity contribution in [3.05, 3.63) is 24.6 Å². The number of hydrogen-bond acceptors (Lipinski definition) is 3. The molecule has 0 amide bonds. The van der Waals surface area contributed by atoms with E-state index in [4.69, 9.17) is 13.0 Å². The van der Waals surface area contributed by atoms with Crippen molar-refractivity contribution in [3.8, 4) is 0 Å². The van der Waals surface area contributed by atoms with E-state index in [1.54, 1.807) is 0 Å². The van der Waals surface area contributed by atoms with Gasteiger partial charge in [0.15, 0.2) is 0 Å². The molecule has 2 atom stereocenters. The van der Waals surface area contributed by atoms with Crippen LogP contribution < -0.4 is 0 Å². The summed E-state index contributed by atoms with van der Waals surface area (Å²) in [6, 6.07) is 0. The Bertz CT molecular complexity index is 336. The highest BCUT2D eigenvalue weighted by molar-refractivity contribution is 6.84. The number of unbranched alkanes of at least 4 members (excludes halogenated alkanes) is 6. The summed E-state index contributed by atoms with van der Waals surface area (Å²) in [6.07, 6.45) is 9.08. The Hall–Kier alpha value is -0.206. The second kappa shape index (κ2) is 12.2. The molecule has 23 heavy (non-hydrogen) atoms. The number of rotatable bonds is 15. The lowest BCUT2D eigenvalue weighted by atomic mass is 10.1. The lowest BCUT2D eigenvalue weighted by Crippen LogP contribution is -2.51. The minimum absolute atomic E-state index is 0.121. The van der Waals surface area contributed by atoms with Crippen molar-refractivity contribution in [2.45, 2.75) is 84.9 Å². The summed E-state index contributed by atoms with van der Waals surface area (Å²) in [4.78, 5) is 0. The molecule has 0 fully saturated rings. The van der Waals surface area contributed by atoms with Crippen LogP contribution in [0, 0.1) is 0 Å². The van der Waals surface area contributed by atoms with E-state index in [9.17, 15) is 0 Å². The van der Waals surface area contributed by atoms with Crippen molar-refractivity contribution in [3.63, 3.8) is 0 Å². The SMILES string of the molecule is C=C[Si](C)(OCCCCCCCCC)O[Si](C)(C=C)OC(C)C. The average Bonchev–Trinajstić information content (AvgIpc) is 2.49. The minimum Gasteiger partial charge on any atom is -0.409 e. The molecule has 0 heterocycles. The average molecular weight is 359 g/mol. The molecular formula is C18H38O3Si2. The van der Waals surface area contributed by atoms with Crippen molar-refractivity contribution >= 4 is 17.1 Å². The lowest BCUT2D eigenvalue weighted by Gasteiger charge is -2.34. The van der Waals surface area contributed by atoms with E-state index in [-0.39, 0.29) is 6.10 Å². The predicted molar refractivity (Wildman–Crippen MR) is 105 cm³/mol. The topological polar surface area (TPSA) is 27.7 Å². The van der Waals surface area contributed by atoms with E-state index in [0.29, 0.717) is 0 Å². The van der Waals surface area contributed by atoms with E-state index < -0.39 is 17.1 Å². The van der Waals surface area contributed by atoms with Gasteiger partial charge in [0.2, 0.25) is 0 Å². The Morgan fingerprint density at radius 1 is 0.870 bits per heavy atom. The van der Waals surface area contributed by atoms with Crippen LogP contribution in [0.25, 0.3) is 0 Å². The van der Waals surface area contributed by atoms with E-state index in [0.717, 1.165) is 13.0 Å². The molecule has 2 unspecified atom stereocenters. The summed E-state index contributed by atoms with van der Waals surface area (Å²) < 4.78 is 18.4. The van der Waals surface area contributed by atoms with Crippen LogP contribution in [-0.2, 0) is 13.0 Å². The second-order valence-electron chi connectivity index (χ2n) is 6.68. The third-order valence-corrected chi connectivity index (χ3v) is 10.2. The van der Waals surface area contributed by atoms with Gasteiger partial charge in [0.05, 0.1) is 0 Å². The molecule has 0 aromatic carbocycles. The first-order chi connectivity index (χ1) is 10.8. The molecular weight excluding hydrogens is 320 g/mol. The molecule has 0 N–H and O–H groups in total. The van der Waals surface area contributed by atoms with Crippen molar-refractivity contribution in [1.82, 2.24) is 0 Å². The van der Waals surface area contributed by atoms with Gasteiger partial charge in [0.1, 0.15) is 0 Å². The van der Waals surface area contributed by atoms with Crippen LogP contribution in [0.4, 0.5) is 0 Å². The van der Waals surface area contributed by atoms with Gasteiger partial charge in [-0.15, -0.1) is 13.2 Å². The van der Waals surface area contributed by atoms with Crippen molar-refractivity contribution in [2.75, 3.05) is 6.61 Å². The molecule has 0 aromatic heterocycles. The zero-order valence-corrected chi connectivity index (χ0v) is 18.0. The Morgan fingerprint density at radius 3 is 1.87 bits per heavy atom. The molecule has 5 heteroatoms. The maximum Gasteiger partial charge on any atom is 0.352 e. The molecule has 0 spiro atoms. The molecule has 0 bridgehead atoms. The zero-order chi connectivity index (χ0) is 17.8. The molecule has 0 saturated heterocycles. The normalized spacial score (nSPS) is 16.8. The molecule has 0 rings (SSSR count). The van der Waals surface area contributed by atoms with Crippen LogP contribution >= 0.6 is 0 Å². The van der Waals surface area contributed by atoms with Gasteiger partial charge in [0, 0.05) is 12.7 Å². The highest BCUT2D eigenvalue weighted by Gasteiger charge is 2.40. The van der Waals surface area contributed by atoms with Gasteiger partial charge >= 0.3 is 17.1 Å². The quantitative estimate of drug-likeness (QED) is 0.274. The maximum atomic E-state index is 6.29. The molecule has 3 nitrogen and oxygen atoms in total. The fraction of sp³-hybridized carbons (Fsp3) is 0.778. The Labute approximate surface area is 146 Å². The first-order valence-corrected chi connectivity index (χ1v) is 13.9. The van der Waals surface area contributed by atoms with Gasteiger partial charge in [-0.1, -0.05) is 56.8 Å². The summed E-state index contributed by atoms with van der Waals surface area (Å²) >= 11 is 0. The van der Waals surface area contributed by atoms with E-state index in [1.807, 2.05) is 38.3 Å². The molecule has 0 saturated carbocycles. The Morgan fingerprint density at radius 2 is 1.39 bits per heavy atom. The molecule has 136 valence electrons. The first-order valence-electron chi connectivity index (χ1n) is 9.10. The predicted octanol–water partition coefficient (Wildman–Crippen LogP) is 5.79. The highest BCUT2D eigenvalue weighted by Crippen LogP contribution is 2.21. The largest absolute Gasteiger partial charge is 0.409 e. The summed E-state index contributed by atoms with van der Waals surface area (Å²) in [7, 11) is -4.80. The summed E-state index contributed by atoms with van der Waals surface area (Å²) in [5.41, 5.74) is 3.69. The summed E-state index contributed by atoms with van der Waals surface area (Å²) in [5, 5.41) is 0. The van der Waals surface area contributed by atoms with Crippen LogP contribution in [0.15, 0.2) is 24.6 Å². The van der Waals surface area contributed by atoms with Crippen molar-refractivity contribution < 1.29 is 13.0 Å². The first kappa shape index (κ1) is 22.8. The Kier molecular flexibility index (Phi) is 12.1. The molecule has 0 aromatic rings. The minimum atomic E-state index is -2.40. The van der Waals surface area contributed by atoms with Gasteiger partial charge in [-0.3, -0.25) is 0 Å². The molecule has 0 radical (unpaired) electrons. The highest BCUT2D eigenvalue weighted by atomic mass is 28.5. The Balaban J connectivity index is 4.18. The van der Waals surface area contributed by atoms with Crippen molar-refractivity contribution in [2.24, 2.45) is 0 Å². The van der Waals surface area contributed by atoms with Crippen LogP contribution in [-0.4, -0.2) is 29.8 Å². The zero-order valence-electron chi connectivity index (χ0n) is 16.0. The molecule has 0 aliphatic carbocycles. The maximum absolute atomic E-state index is 6.29. The van der Waals surface area contributed by atoms with E-state index >= 15 is 0 Å². The lowest BCUT2D eigenvalue weighted by molar-refractivity contribution is 0.167.